The Balaban J connectivity index is 1.77. The van der Waals surface area contributed by atoms with E-state index in [1.807, 2.05) is 36.4 Å². The zero-order chi connectivity index (χ0) is 16.2. The fraction of sp³-hybridized carbons (Fsp3) is 0.0588. The van der Waals surface area contributed by atoms with Gasteiger partial charge in [0.05, 0.1) is 13.3 Å². The third kappa shape index (κ3) is 3.37. The number of hydrogen-bond donors (Lipinski definition) is 1. The van der Waals surface area contributed by atoms with Crippen LogP contribution in [0.5, 0.6) is 5.75 Å². The van der Waals surface area contributed by atoms with Crippen LogP contribution in [0, 0.1) is 3.57 Å². The molecule has 1 aromatic heterocycles. The van der Waals surface area contributed by atoms with Crippen molar-refractivity contribution in [2.75, 3.05) is 7.11 Å². The molecule has 5 nitrogen and oxygen atoms in total. The molecule has 0 saturated carbocycles. The summed E-state index contributed by atoms with van der Waals surface area (Å²) in [5.41, 5.74) is 3.94. The summed E-state index contributed by atoms with van der Waals surface area (Å²) in [5, 5.41) is 4.77. The van der Waals surface area contributed by atoms with Crippen molar-refractivity contribution >= 4 is 45.7 Å². The first-order chi connectivity index (χ1) is 11.2. The first-order valence-corrected chi connectivity index (χ1v) is 7.91. The van der Waals surface area contributed by atoms with E-state index in [4.69, 9.17) is 9.15 Å². The van der Waals surface area contributed by atoms with Crippen molar-refractivity contribution in [3.05, 3.63) is 63.4 Å². The Labute approximate surface area is 146 Å². The van der Waals surface area contributed by atoms with Crippen LogP contribution in [0.3, 0.4) is 0 Å². The minimum atomic E-state index is -0.412. The van der Waals surface area contributed by atoms with E-state index in [0.29, 0.717) is 11.3 Å². The third-order valence-electron chi connectivity index (χ3n) is 3.23. The Morgan fingerprint density at radius 1 is 1.26 bits per heavy atom. The second-order valence-corrected chi connectivity index (χ2v) is 5.87. The van der Waals surface area contributed by atoms with Crippen molar-refractivity contribution in [2.24, 2.45) is 5.10 Å². The molecule has 1 N–H and O–H groups in total. The Kier molecular flexibility index (Phi) is 4.61. The standard InChI is InChI=1S/C17H13IN2O3/c1-22-14-8-4-6-11-9-15(23-16(11)14)17(21)20-19-10-12-5-2-3-7-13(12)18/h2-10H,1H3,(H,20,21). The van der Waals surface area contributed by atoms with E-state index in [1.165, 1.54) is 0 Å². The van der Waals surface area contributed by atoms with Crippen LogP contribution in [0.15, 0.2) is 58.0 Å². The molecular weight excluding hydrogens is 407 g/mol. The summed E-state index contributed by atoms with van der Waals surface area (Å²) >= 11 is 2.21. The number of furan rings is 1. The zero-order valence-corrected chi connectivity index (χ0v) is 14.4. The molecule has 6 heteroatoms. The van der Waals surface area contributed by atoms with E-state index in [1.54, 1.807) is 25.5 Å². The van der Waals surface area contributed by atoms with Crippen molar-refractivity contribution in [1.29, 1.82) is 0 Å². The highest BCUT2D eigenvalue weighted by Crippen LogP contribution is 2.28. The average molecular weight is 420 g/mol. The highest BCUT2D eigenvalue weighted by molar-refractivity contribution is 14.1. The second kappa shape index (κ2) is 6.82. The topological polar surface area (TPSA) is 63.8 Å². The zero-order valence-electron chi connectivity index (χ0n) is 12.2. The van der Waals surface area contributed by atoms with E-state index in [2.05, 4.69) is 33.1 Å². The van der Waals surface area contributed by atoms with E-state index in [-0.39, 0.29) is 5.76 Å². The summed E-state index contributed by atoms with van der Waals surface area (Å²) in [4.78, 5) is 12.1. The van der Waals surface area contributed by atoms with Gasteiger partial charge in [-0.15, -0.1) is 0 Å². The lowest BCUT2D eigenvalue weighted by atomic mass is 10.2. The lowest BCUT2D eigenvalue weighted by Gasteiger charge is -1.99. The molecule has 116 valence electrons. The predicted molar refractivity (Wildman–Crippen MR) is 97.0 cm³/mol. The summed E-state index contributed by atoms with van der Waals surface area (Å²) < 4.78 is 11.8. The van der Waals surface area contributed by atoms with Gasteiger partial charge in [-0.25, -0.2) is 5.43 Å². The maximum atomic E-state index is 12.1. The lowest BCUT2D eigenvalue weighted by Crippen LogP contribution is -2.16. The van der Waals surface area contributed by atoms with Crippen molar-refractivity contribution in [3.63, 3.8) is 0 Å². The number of hydrogen-bond acceptors (Lipinski definition) is 4. The van der Waals surface area contributed by atoms with Crippen molar-refractivity contribution in [3.8, 4) is 5.75 Å². The molecule has 3 rings (SSSR count). The number of ether oxygens (including phenoxy) is 1. The van der Waals surface area contributed by atoms with Gasteiger partial charge < -0.3 is 9.15 Å². The summed E-state index contributed by atoms with van der Waals surface area (Å²) in [5.74, 6) is 0.360. The van der Waals surface area contributed by atoms with Gasteiger partial charge in [0, 0.05) is 14.5 Å². The van der Waals surface area contributed by atoms with Gasteiger partial charge in [0.25, 0.3) is 0 Å². The van der Waals surface area contributed by atoms with E-state index in [9.17, 15) is 4.79 Å². The highest BCUT2D eigenvalue weighted by atomic mass is 127. The molecule has 0 unspecified atom stereocenters. The van der Waals surface area contributed by atoms with Crippen LogP contribution >= 0.6 is 22.6 Å². The molecule has 3 aromatic rings. The molecular formula is C17H13IN2O3. The molecule has 0 saturated heterocycles. The molecule has 0 aliphatic carbocycles. The van der Waals surface area contributed by atoms with Gasteiger partial charge in [-0.3, -0.25) is 4.79 Å². The summed E-state index contributed by atoms with van der Waals surface area (Å²) in [6.45, 7) is 0. The first kappa shape index (κ1) is 15.5. The van der Waals surface area contributed by atoms with Crippen LogP contribution < -0.4 is 10.2 Å². The van der Waals surface area contributed by atoms with Crippen LogP contribution in [0.4, 0.5) is 0 Å². The van der Waals surface area contributed by atoms with Gasteiger partial charge in [-0.2, -0.15) is 5.10 Å². The predicted octanol–water partition coefficient (Wildman–Crippen LogP) is 3.81. The number of para-hydroxylation sites is 1. The van der Waals surface area contributed by atoms with Crippen molar-refractivity contribution in [1.82, 2.24) is 5.43 Å². The molecule has 1 heterocycles. The number of nitrogens with one attached hydrogen (secondary N) is 1. The number of nitrogens with zero attached hydrogens (tertiary/aromatic N) is 1. The molecule has 0 bridgehead atoms. The minimum Gasteiger partial charge on any atom is -0.493 e. The Bertz CT molecular complexity index is 886. The maximum absolute atomic E-state index is 12.1. The monoisotopic (exact) mass is 420 g/mol. The molecule has 0 aliphatic heterocycles. The number of rotatable bonds is 4. The second-order valence-electron chi connectivity index (χ2n) is 4.71. The van der Waals surface area contributed by atoms with Crippen LogP contribution in [-0.4, -0.2) is 19.2 Å². The normalized spacial score (nSPS) is 11.0. The fourth-order valence-corrected chi connectivity index (χ4v) is 2.63. The molecule has 0 atom stereocenters. The molecule has 2 aromatic carbocycles. The van der Waals surface area contributed by atoms with E-state index >= 15 is 0 Å². The van der Waals surface area contributed by atoms with Gasteiger partial charge in [0.15, 0.2) is 17.1 Å². The highest BCUT2D eigenvalue weighted by Gasteiger charge is 2.14. The van der Waals surface area contributed by atoms with E-state index < -0.39 is 5.91 Å². The van der Waals surface area contributed by atoms with Gasteiger partial charge in [0.2, 0.25) is 0 Å². The Morgan fingerprint density at radius 3 is 2.87 bits per heavy atom. The molecule has 0 radical (unpaired) electrons. The van der Waals surface area contributed by atoms with Crippen molar-refractivity contribution in [2.45, 2.75) is 0 Å². The Morgan fingerprint density at radius 2 is 2.09 bits per heavy atom. The molecule has 0 spiro atoms. The number of hydrazone groups is 1. The number of amides is 1. The van der Waals surface area contributed by atoms with Gasteiger partial charge in [-0.1, -0.05) is 30.3 Å². The smallest absolute Gasteiger partial charge is 0.307 e. The fourth-order valence-electron chi connectivity index (χ4n) is 2.10. The van der Waals surface area contributed by atoms with Crippen molar-refractivity contribution < 1.29 is 13.9 Å². The minimum absolute atomic E-state index is 0.185. The summed E-state index contributed by atoms with van der Waals surface area (Å²) in [7, 11) is 1.56. The third-order valence-corrected chi connectivity index (χ3v) is 4.21. The van der Waals surface area contributed by atoms with Crippen LogP contribution in [0.25, 0.3) is 11.0 Å². The van der Waals surface area contributed by atoms with Crippen LogP contribution in [0.2, 0.25) is 0 Å². The Hall–Kier alpha value is -2.35. The average Bonchev–Trinajstić information content (AvgIpc) is 3.00. The molecule has 0 fully saturated rings. The van der Waals surface area contributed by atoms with Gasteiger partial charge in [0.1, 0.15) is 0 Å². The number of benzene rings is 2. The molecule has 0 aliphatic rings. The van der Waals surface area contributed by atoms with Gasteiger partial charge in [-0.05, 0) is 40.8 Å². The summed E-state index contributed by atoms with van der Waals surface area (Å²) in [6, 6.07) is 14.9. The number of carbonyl (C=O) groups is 1. The number of halogens is 1. The molecule has 23 heavy (non-hydrogen) atoms. The molecule has 1 amide bonds. The lowest BCUT2D eigenvalue weighted by molar-refractivity contribution is 0.0929. The number of carbonyl (C=O) groups excluding carboxylic acids is 1. The van der Waals surface area contributed by atoms with Crippen LogP contribution in [0.1, 0.15) is 16.1 Å². The van der Waals surface area contributed by atoms with Gasteiger partial charge >= 0.3 is 5.91 Å². The number of methoxy groups -OCH3 is 1. The number of fused-ring (bicyclic) bond motifs is 1. The van der Waals surface area contributed by atoms with E-state index in [0.717, 1.165) is 14.5 Å². The largest absolute Gasteiger partial charge is 0.493 e. The van der Waals surface area contributed by atoms with Crippen LogP contribution in [-0.2, 0) is 0 Å². The summed E-state index contributed by atoms with van der Waals surface area (Å²) in [6.07, 6.45) is 1.60. The SMILES string of the molecule is COc1cccc2cc(C(=O)NN=Cc3ccccc3I)oc12. The maximum Gasteiger partial charge on any atom is 0.307 e. The first-order valence-electron chi connectivity index (χ1n) is 6.83. The quantitative estimate of drug-likeness (QED) is 0.397.